The van der Waals surface area contributed by atoms with E-state index in [-0.39, 0.29) is 11.4 Å². The topological polar surface area (TPSA) is 66.5 Å². The number of rotatable bonds is 4. The SMILES string of the molecule is Cc1ccc(S(=O)(=O)N2CCC[C@H]2C(=O)Nc2cc(F)ccc2C)cc1. The molecule has 7 heteroatoms. The van der Waals surface area contributed by atoms with Gasteiger partial charge in [0.25, 0.3) is 0 Å². The van der Waals surface area contributed by atoms with E-state index in [1.54, 1.807) is 37.3 Å². The summed E-state index contributed by atoms with van der Waals surface area (Å²) in [7, 11) is -3.76. The van der Waals surface area contributed by atoms with Crippen LogP contribution in [0.1, 0.15) is 24.0 Å². The second-order valence-electron chi connectivity index (χ2n) is 6.54. The van der Waals surface area contributed by atoms with Crippen molar-refractivity contribution < 1.29 is 17.6 Å². The number of sulfonamides is 1. The first-order valence-corrected chi connectivity index (χ1v) is 9.88. The first-order valence-electron chi connectivity index (χ1n) is 8.44. The van der Waals surface area contributed by atoms with E-state index in [9.17, 15) is 17.6 Å². The van der Waals surface area contributed by atoms with Gasteiger partial charge in [0.05, 0.1) is 4.90 Å². The van der Waals surface area contributed by atoms with Gasteiger partial charge in [0, 0.05) is 12.2 Å². The summed E-state index contributed by atoms with van der Waals surface area (Å²) < 4.78 is 40.5. The maximum Gasteiger partial charge on any atom is 0.243 e. The highest BCUT2D eigenvalue weighted by Crippen LogP contribution is 2.27. The Morgan fingerprint density at radius 2 is 1.85 bits per heavy atom. The molecule has 1 aliphatic heterocycles. The number of amides is 1. The molecule has 1 atom stereocenters. The Kier molecular flexibility index (Phi) is 5.11. The Balaban J connectivity index is 1.84. The number of anilines is 1. The number of nitrogens with zero attached hydrogens (tertiary/aromatic N) is 1. The van der Waals surface area contributed by atoms with Gasteiger partial charge in [-0.1, -0.05) is 23.8 Å². The molecule has 2 aromatic carbocycles. The van der Waals surface area contributed by atoms with Gasteiger partial charge in [0.15, 0.2) is 0 Å². The van der Waals surface area contributed by atoms with E-state index >= 15 is 0 Å². The molecule has 138 valence electrons. The van der Waals surface area contributed by atoms with Gasteiger partial charge in [-0.15, -0.1) is 0 Å². The third-order valence-corrected chi connectivity index (χ3v) is 6.51. The van der Waals surface area contributed by atoms with E-state index < -0.39 is 27.8 Å². The molecule has 2 aromatic rings. The molecule has 0 radical (unpaired) electrons. The van der Waals surface area contributed by atoms with Crippen molar-refractivity contribution in [3.63, 3.8) is 0 Å². The number of aryl methyl sites for hydroxylation is 2. The molecular formula is C19H21FN2O3S. The van der Waals surface area contributed by atoms with Crippen molar-refractivity contribution in [3.05, 3.63) is 59.4 Å². The first kappa shape index (κ1) is 18.5. The van der Waals surface area contributed by atoms with Crippen LogP contribution in [0.15, 0.2) is 47.4 Å². The lowest BCUT2D eigenvalue weighted by Crippen LogP contribution is -2.43. The minimum atomic E-state index is -3.76. The lowest BCUT2D eigenvalue weighted by molar-refractivity contribution is -0.119. The molecule has 5 nitrogen and oxygen atoms in total. The highest BCUT2D eigenvalue weighted by atomic mass is 32.2. The van der Waals surface area contributed by atoms with Gasteiger partial charge in [0.1, 0.15) is 11.9 Å². The van der Waals surface area contributed by atoms with Crippen LogP contribution in [0.5, 0.6) is 0 Å². The Labute approximate surface area is 152 Å². The summed E-state index contributed by atoms with van der Waals surface area (Å²) in [4.78, 5) is 12.9. The molecule has 1 heterocycles. The first-order chi connectivity index (χ1) is 12.3. The molecule has 3 rings (SSSR count). The maximum atomic E-state index is 13.4. The van der Waals surface area contributed by atoms with Gasteiger partial charge in [-0.25, -0.2) is 12.8 Å². The van der Waals surface area contributed by atoms with E-state index in [4.69, 9.17) is 0 Å². The zero-order valence-corrected chi connectivity index (χ0v) is 15.5. The van der Waals surface area contributed by atoms with Gasteiger partial charge in [0.2, 0.25) is 15.9 Å². The molecule has 0 aromatic heterocycles. The highest BCUT2D eigenvalue weighted by Gasteiger charge is 2.39. The number of halogens is 1. The summed E-state index contributed by atoms with van der Waals surface area (Å²) in [5.74, 6) is -0.895. The molecule has 0 unspecified atom stereocenters. The van der Waals surface area contributed by atoms with Gasteiger partial charge in [-0.05, 0) is 56.5 Å². The fraction of sp³-hybridized carbons (Fsp3) is 0.316. The predicted molar refractivity (Wildman–Crippen MR) is 97.9 cm³/mol. The largest absolute Gasteiger partial charge is 0.324 e. The lowest BCUT2D eigenvalue weighted by Gasteiger charge is -2.23. The van der Waals surface area contributed by atoms with Crippen LogP contribution >= 0.6 is 0 Å². The van der Waals surface area contributed by atoms with E-state index in [0.29, 0.717) is 24.1 Å². The third kappa shape index (κ3) is 3.64. The van der Waals surface area contributed by atoms with Crippen LogP contribution in [-0.2, 0) is 14.8 Å². The average Bonchev–Trinajstić information content (AvgIpc) is 3.09. The van der Waals surface area contributed by atoms with Crippen LogP contribution in [0.25, 0.3) is 0 Å². The van der Waals surface area contributed by atoms with Crippen LogP contribution in [-0.4, -0.2) is 31.2 Å². The lowest BCUT2D eigenvalue weighted by atomic mass is 10.1. The van der Waals surface area contributed by atoms with Crippen LogP contribution < -0.4 is 5.32 Å². The van der Waals surface area contributed by atoms with Crippen molar-refractivity contribution in [2.24, 2.45) is 0 Å². The minimum absolute atomic E-state index is 0.171. The van der Waals surface area contributed by atoms with Crippen molar-refractivity contribution in [3.8, 4) is 0 Å². The molecule has 1 aliphatic rings. The minimum Gasteiger partial charge on any atom is -0.324 e. The fourth-order valence-corrected chi connectivity index (χ4v) is 4.74. The average molecular weight is 376 g/mol. The number of hydrogen-bond acceptors (Lipinski definition) is 3. The summed E-state index contributed by atoms with van der Waals surface area (Å²) in [5, 5.41) is 2.67. The molecule has 0 saturated carbocycles. The zero-order valence-electron chi connectivity index (χ0n) is 14.7. The fourth-order valence-electron chi connectivity index (χ4n) is 3.08. The summed E-state index contributed by atoms with van der Waals surface area (Å²) in [5.41, 5.74) is 2.03. The molecular weight excluding hydrogens is 355 g/mol. The standard InChI is InChI=1S/C19H21FN2O3S/c1-13-5-9-16(10-6-13)26(24,25)22-11-3-4-18(22)19(23)21-17-12-15(20)8-7-14(17)2/h5-10,12,18H,3-4,11H2,1-2H3,(H,21,23)/t18-/m0/s1. The third-order valence-electron chi connectivity index (χ3n) is 4.59. The number of hydrogen-bond donors (Lipinski definition) is 1. The second kappa shape index (κ2) is 7.17. The summed E-state index contributed by atoms with van der Waals surface area (Å²) in [6, 6.07) is 9.88. The van der Waals surface area contributed by atoms with Gasteiger partial charge in [-0.3, -0.25) is 4.79 Å². The van der Waals surface area contributed by atoms with Crippen LogP contribution in [0, 0.1) is 19.7 Å². The maximum absolute atomic E-state index is 13.4. The predicted octanol–water partition coefficient (Wildman–Crippen LogP) is 3.23. The molecule has 1 N–H and O–H groups in total. The molecule has 26 heavy (non-hydrogen) atoms. The smallest absolute Gasteiger partial charge is 0.243 e. The van der Waals surface area contributed by atoms with Crippen molar-refractivity contribution >= 4 is 21.6 Å². The van der Waals surface area contributed by atoms with Gasteiger partial charge in [-0.2, -0.15) is 4.31 Å². The summed E-state index contributed by atoms with van der Waals surface area (Å²) in [6.45, 7) is 3.92. The van der Waals surface area contributed by atoms with E-state index in [2.05, 4.69) is 5.32 Å². The number of benzene rings is 2. The molecule has 0 aliphatic carbocycles. The second-order valence-corrected chi connectivity index (χ2v) is 8.43. The summed E-state index contributed by atoms with van der Waals surface area (Å²) >= 11 is 0. The van der Waals surface area contributed by atoms with E-state index in [1.807, 2.05) is 6.92 Å². The molecule has 1 amide bonds. The Bertz CT molecular complexity index is 926. The van der Waals surface area contributed by atoms with Gasteiger partial charge < -0.3 is 5.32 Å². The van der Waals surface area contributed by atoms with E-state index in [0.717, 1.165) is 5.56 Å². The van der Waals surface area contributed by atoms with Crippen molar-refractivity contribution in [1.82, 2.24) is 4.31 Å². The molecule has 1 saturated heterocycles. The van der Waals surface area contributed by atoms with E-state index in [1.165, 1.54) is 16.4 Å². The normalized spacial score (nSPS) is 18.0. The molecule has 1 fully saturated rings. The Morgan fingerprint density at radius 1 is 1.15 bits per heavy atom. The number of carbonyl (C=O) groups excluding carboxylic acids is 1. The van der Waals surface area contributed by atoms with Crippen LogP contribution in [0.2, 0.25) is 0 Å². The van der Waals surface area contributed by atoms with Crippen molar-refractivity contribution in [1.29, 1.82) is 0 Å². The Hall–Kier alpha value is -2.25. The van der Waals surface area contributed by atoms with Crippen molar-refractivity contribution in [2.45, 2.75) is 37.6 Å². The van der Waals surface area contributed by atoms with Crippen LogP contribution in [0.4, 0.5) is 10.1 Å². The zero-order chi connectivity index (χ0) is 18.9. The number of nitrogens with one attached hydrogen (secondary N) is 1. The van der Waals surface area contributed by atoms with Crippen molar-refractivity contribution in [2.75, 3.05) is 11.9 Å². The molecule has 0 bridgehead atoms. The summed E-state index contributed by atoms with van der Waals surface area (Å²) in [6.07, 6.45) is 1.04. The quantitative estimate of drug-likeness (QED) is 0.891. The number of carbonyl (C=O) groups is 1. The Morgan fingerprint density at radius 3 is 2.54 bits per heavy atom. The molecule has 0 spiro atoms. The van der Waals surface area contributed by atoms with Crippen LogP contribution in [0.3, 0.4) is 0 Å². The highest BCUT2D eigenvalue weighted by molar-refractivity contribution is 7.89. The van der Waals surface area contributed by atoms with Gasteiger partial charge >= 0.3 is 0 Å². The monoisotopic (exact) mass is 376 g/mol.